The number of hydrogen-bond acceptors (Lipinski definition) is 5. The Morgan fingerprint density at radius 2 is 2.13 bits per heavy atom. The van der Waals surface area contributed by atoms with Gasteiger partial charge in [0.25, 0.3) is 0 Å². The van der Waals surface area contributed by atoms with Crippen LogP contribution in [0.4, 0.5) is 0 Å². The Bertz CT molecular complexity index is 1060. The number of pyridine rings is 1. The highest BCUT2D eigenvalue weighted by atomic mass is 35.5. The average Bonchev–Trinajstić information content (AvgIpc) is 3.31. The molecule has 0 unspecified atom stereocenters. The summed E-state index contributed by atoms with van der Waals surface area (Å²) >= 11 is 6.35. The van der Waals surface area contributed by atoms with Crippen LogP contribution in [0.2, 0.25) is 5.02 Å². The van der Waals surface area contributed by atoms with Gasteiger partial charge < -0.3 is 9.84 Å². The van der Waals surface area contributed by atoms with Crippen LogP contribution in [0.1, 0.15) is 34.5 Å². The molecule has 0 radical (unpaired) electrons. The molecule has 4 rings (SSSR count). The fourth-order valence-electron chi connectivity index (χ4n) is 3.72. The number of ketones is 1. The normalized spacial score (nSPS) is 18.6. The molecule has 1 N–H and O–H groups in total. The minimum Gasteiger partial charge on any atom is -0.392 e. The summed E-state index contributed by atoms with van der Waals surface area (Å²) < 4.78 is 7.22. The van der Waals surface area contributed by atoms with Crippen LogP contribution >= 0.6 is 11.6 Å². The van der Waals surface area contributed by atoms with Gasteiger partial charge in [0.15, 0.2) is 5.78 Å². The molecule has 1 fully saturated rings. The molecular formula is C24H24ClN3O3. The third-order valence-corrected chi connectivity index (χ3v) is 5.89. The number of carbonyl (C=O) groups is 1. The van der Waals surface area contributed by atoms with E-state index in [1.807, 2.05) is 36.5 Å². The highest BCUT2D eigenvalue weighted by Crippen LogP contribution is 2.26. The van der Waals surface area contributed by atoms with E-state index in [9.17, 15) is 9.90 Å². The van der Waals surface area contributed by atoms with E-state index in [4.69, 9.17) is 16.3 Å². The summed E-state index contributed by atoms with van der Waals surface area (Å²) in [5, 5.41) is 14.9. The molecule has 3 aromatic rings. The summed E-state index contributed by atoms with van der Waals surface area (Å²) in [5.41, 5.74) is 3.88. The van der Waals surface area contributed by atoms with Crippen molar-refractivity contribution >= 4 is 17.4 Å². The standard InChI is InChI=1S/C24H24ClN3O3/c1-16(20-15-31-10-7-23(20)29)11-24(30)22-13-18(21(25)14-26-22)12-17-3-5-19(6-4-17)28-9-2-8-27-28/h2-6,8-9,13-14,20,23,29H,1,7,10-12,15H2/t20-,23+/m1/s1. The zero-order valence-corrected chi connectivity index (χ0v) is 17.8. The molecule has 0 amide bonds. The van der Waals surface area contributed by atoms with E-state index in [1.165, 1.54) is 6.20 Å². The number of rotatable bonds is 7. The van der Waals surface area contributed by atoms with Gasteiger partial charge in [-0.15, -0.1) is 0 Å². The third-order valence-electron chi connectivity index (χ3n) is 5.55. The first kappa shape index (κ1) is 21.4. The zero-order valence-electron chi connectivity index (χ0n) is 17.1. The largest absolute Gasteiger partial charge is 0.392 e. The minimum atomic E-state index is -0.521. The van der Waals surface area contributed by atoms with Crippen molar-refractivity contribution in [1.29, 1.82) is 0 Å². The van der Waals surface area contributed by atoms with Crippen molar-refractivity contribution in [2.45, 2.75) is 25.4 Å². The third kappa shape index (κ3) is 5.10. The Morgan fingerprint density at radius 1 is 1.32 bits per heavy atom. The van der Waals surface area contributed by atoms with Gasteiger partial charge in [-0.05, 0) is 48.2 Å². The number of benzene rings is 1. The van der Waals surface area contributed by atoms with E-state index < -0.39 is 6.10 Å². The molecule has 1 aromatic carbocycles. The van der Waals surface area contributed by atoms with E-state index in [1.54, 1.807) is 16.9 Å². The molecule has 7 heteroatoms. The number of carbonyl (C=O) groups excluding carboxylic acids is 1. The molecule has 0 spiro atoms. The zero-order chi connectivity index (χ0) is 21.8. The first-order valence-corrected chi connectivity index (χ1v) is 10.6. The van der Waals surface area contributed by atoms with E-state index in [0.717, 1.165) is 16.8 Å². The van der Waals surface area contributed by atoms with E-state index in [-0.39, 0.29) is 18.1 Å². The minimum absolute atomic E-state index is 0.123. The molecule has 0 aliphatic carbocycles. The second kappa shape index (κ2) is 9.56. The topological polar surface area (TPSA) is 77.2 Å². The summed E-state index contributed by atoms with van der Waals surface area (Å²) in [5.74, 6) is -0.368. The summed E-state index contributed by atoms with van der Waals surface area (Å²) in [6.07, 6.45) is 5.88. The van der Waals surface area contributed by atoms with Crippen molar-refractivity contribution in [2.24, 2.45) is 5.92 Å². The van der Waals surface area contributed by atoms with Crippen molar-refractivity contribution in [3.63, 3.8) is 0 Å². The maximum atomic E-state index is 12.8. The van der Waals surface area contributed by atoms with Crippen LogP contribution in [-0.4, -0.2) is 45.0 Å². The quantitative estimate of drug-likeness (QED) is 0.446. The fraction of sp³-hybridized carbons (Fsp3) is 0.292. The summed E-state index contributed by atoms with van der Waals surface area (Å²) in [6.45, 7) is 4.93. The van der Waals surface area contributed by atoms with Gasteiger partial charge in [-0.1, -0.05) is 35.9 Å². The maximum absolute atomic E-state index is 12.8. The Morgan fingerprint density at radius 3 is 2.84 bits per heavy atom. The van der Waals surface area contributed by atoms with Crippen molar-refractivity contribution in [3.05, 3.63) is 89.0 Å². The lowest BCUT2D eigenvalue weighted by atomic mass is 9.88. The number of nitrogens with zero attached hydrogens (tertiary/aromatic N) is 3. The van der Waals surface area contributed by atoms with Crippen molar-refractivity contribution in [2.75, 3.05) is 13.2 Å². The molecule has 160 valence electrons. The number of ether oxygens (including phenoxy) is 1. The number of aliphatic hydroxyl groups excluding tert-OH is 1. The van der Waals surface area contributed by atoms with Crippen molar-refractivity contribution in [1.82, 2.24) is 14.8 Å². The first-order chi connectivity index (χ1) is 15.0. The number of hydrogen-bond donors (Lipinski definition) is 1. The molecule has 0 bridgehead atoms. The molecule has 0 saturated carbocycles. The maximum Gasteiger partial charge on any atom is 0.185 e. The molecule has 2 aromatic heterocycles. The molecular weight excluding hydrogens is 414 g/mol. The van der Waals surface area contributed by atoms with Gasteiger partial charge in [0.2, 0.25) is 0 Å². The van der Waals surface area contributed by atoms with Crippen LogP contribution in [0.25, 0.3) is 5.69 Å². The van der Waals surface area contributed by atoms with Gasteiger partial charge in [-0.2, -0.15) is 5.10 Å². The molecule has 31 heavy (non-hydrogen) atoms. The predicted octanol–water partition coefficient (Wildman–Crippen LogP) is 4.04. The van der Waals surface area contributed by atoms with Crippen LogP contribution in [-0.2, 0) is 11.2 Å². The molecule has 1 aliphatic rings. The van der Waals surface area contributed by atoms with Crippen LogP contribution in [0, 0.1) is 5.92 Å². The molecule has 1 aliphatic heterocycles. The van der Waals surface area contributed by atoms with Crippen LogP contribution in [0.15, 0.2) is 67.1 Å². The number of halogens is 1. The van der Waals surface area contributed by atoms with Gasteiger partial charge in [-0.3, -0.25) is 9.78 Å². The van der Waals surface area contributed by atoms with Crippen LogP contribution < -0.4 is 0 Å². The Labute approximate surface area is 186 Å². The lowest BCUT2D eigenvalue weighted by Crippen LogP contribution is -2.33. The second-order valence-electron chi connectivity index (χ2n) is 7.75. The predicted molar refractivity (Wildman–Crippen MR) is 119 cm³/mol. The number of aliphatic hydroxyl groups is 1. The van der Waals surface area contributed by atoms with E-state index in [2.05, 4.69) is 16.7 Å². The van der Waals surface area contributed by atoms with E-state index in [0.29, 0.717) is 42.3 Å². The highest BCUT2D eigenvalue weighted by Gasteiger charge is 2.27. The monoisotopic (exact) mass is 437 g/mol. The van der Waals surface area contributed by atoms with Crippen LogP contribution in [0.5, 0.6) is 0 Å². The summed E-state index contributed by atoms with van der Waals surface area (Å²) in [4.78, 5) is 17.0. The molecule has 2 atom stereocenters. The smallest absolute Gasteiger partial charge is 0.185 e. The SMILES string of the molecule is C=C(CC(=O)c1cc(Cc2ccc(-n3cccn3)cc2)c(Cl)cn1)[C@H]1COCC[C@@H]1O. The number of aromatic nitrogens is 3. The van der Waals surface area contributed by atoms with Gasteiger partial charge >= 0.3 is 0 Å². The Balaban J connectivity index is 1.45. The average molecular weight is 438 g/mol. The van der Waals surface area contributed by atoms with E-state index >= 15 is 0 Å². The molecule has 3 heterocycles. The fourth-order valence-corrected chi connectivity index (χ4v) is 3.89. The summed E-state index contributed by atoms with van der Waals surface area (Å²) in [6, 6.07) is 11.6. The van der Waals surface area contributed by atoms with Gasteiger partial charge in [0.05, 0.1) is 23.4 Å². The second-order valence-corrected chi connectivity index (χ2v) is 8.16. The Hall–Kier alpha value is -2.80. The van der Waals surface area contributed by atoms with Crippen molar-refractivity contribution in [3.8, 4) is 5.69 Å². The first-order valence-electron chi connectivity index (χ1n) is 10.2. The van der Waals surface area contributed by atoms with Gasteiger partial charge in [0, 0.05) is 37.5 Å². The van der Waals surface area contributed by atoms with Crippen molar-refractivity contribution < 1.29 is 14.6 Å². The molecule has 1 saturated heterocycles. The number of Topliss-reactive ketones (excluding diaryl/α,β-unsaturated/α-hetero) is 1. The van der Waals surface area contributed by atoms with Crippen LogP contribution in [0.3, 0.4) is 0 Å². The van der Waals surface area contributed by atoms with Gasteiger partial charge in [0.1, 0.15) is 5.69 Å². The highest BCUT2D eigenvalue weighted by molar-refractivity contribution is 6.31. The summed E-state index contributed by atoms with van der Waals surface area (Å²) in [7, 11) is 0. The van der Waals surface area contributed by atoms with Gasteiger partial charge in [-0.25, -0.2) is 4.68 Å². The molecule has 6 nitrogen and oxygen atoms in total. The Kier molecular flexibility index (Phi) is 6.61. The lowest BCUT2D eigenvalue weighted by molar-refractivity contribution is -0.0222. The lowest BCUT2D eigenvalue weighted by Gasteiger charge is -2.29.